The second kappa shape index (κ2) is 9.69. The van der Waals surface area contributed by atoms with Gasteiger partial charge in [-0.05, 0) is 32.0 Å². The molecule has 0 saturated carbocycles. The van der Waals surface area contributed by atoms with E-state index in [1.165, 1.54) is 25.5 Å². The average molecular weight is 434 g/mol. The number of nitro benzene ring substituents is 1. The van der Waals surface area contributed by atoms with Crippen LogP contribution in [0, 0.1) is 24.0 Å². The number of nitrogens with one attached hydrogen (secondary N) is 1. The number of para-hydroxylation sites is 2. The van der Waals surface area contributed by atoms with Gasteiger partial charge in [0.15, 0.2) is 0 Å². The Morgan fingerprint density at radius 2 is 1.84 bits per heavy atom. The number of carbonyl (C=O) groups excluding carboxylic acids is 2. The fourth-order valence-electron chi connectivity index (χ4n) is 3.46. The maximum Gasteiger partial charge on any atom is 0.339 e. The molecule has 3 aromatic rings. The molecule has 0 bridgehead atoms. The molecule has 0 radical (unpaired) electrons. The lowest BCUT2D eigenvalue weighted by atomic mass is 10.1. The molecule has 1 heterocycles. The van der Waals surface area contributed by atoms with Crippen LogP contribution in [-0.4, -0.2) is 34.7 Å². The third kappa shape index (κ3) is 4.72. The first-order chi connectivity index (χ1) is 15.3. The first-order valence-corrected chi connectivity index (χ1v) is 9.74. The van der Waals surface area contributed by atoms with Crippen LogP contribution in [0.3, 0.4) is 0 Å². The minimum atomic E-state index is -0.521. The molecule has 9 nitrogen and oxygen atoms in total. The van der Waals surface area contributed by atoms with Crippen LogP contribution in [0.25, 0.3) is 5.69 Å². The molecule has 0 aliphatic heterocycles. The molecule has 0 spiro atoms. The number of nitro groups is 1. The highest BCUT2D eigenvalue weighted by Gasteiger charge is 2.17. The van der Waals surface area contributed by atoms with Crippen molar-refractivity contribution < 1.29 is 19.2 Å². The lowest BCUT2D eigenvalue weighted by Gasteiger charge is -2.13. The van der Waals surface area contributed by atoms with Crippen molar-refractivity contribution in [3.8, 4) is 5.69 Å². The summed E-state index contributed by atoms with van der Waals surface area (Å²) in [4.78, 5) is 34.9. The number of hydrogen-bond acceptors (Lipinski definition) is 6. The summed E-state index contributed by atoms with van der Waals surface area (Å²) in [6, 6.07) is 15.1. The number of amides is 1. The van der Waals surface area contributed by atoms with E-state index in [0.717, 1.165) is 17.0 Å². The summed E-state index contributed by atoms with van der Waals surface area (Å²) in [5, 5.41) is 15.1. The van der Waals surface area contributed by atoms with Gasteiger partial charge in [-0.25, -0.2) is 10.2 Å². The number of ether oxygens (including phenoxy) is 1. The Morgan fingerprint density at radius 3 is 2.56 bits per heavy atom. The van der Waals surface area contributed by atoms with Gasteiger partial charge in [-0.2, -0.15) is 5.10 Å². The number of hydrazone groups is 1. The SMILES string of the molecule is COC(=O)c1ccccc1-n1c(C)cc(/C=N/NC(=O)Cc2ccccc2[N+](=O)[O-])c1C. The van der Waals surface area contributed by atoms with Gasteiger partial charge in [0, 0.05) is 28.6 Å². The Kier molecular flexibility index (Phi) is 6.79. The van der Waals surface area contributed by atoms with Gasteiger partial charge < -0.3 is 9.30 Å². The Bertz CT molecular complexity index is 1210. The molecule has 1 amide bonds. The molecule has 1 N–H and O–H groups in total. The zero-order valence-electron chi connectivity index (χ0n) is 17.9. The maximum absolute atomic E-state index is 12.2. The van der Waals surface area contributed by atoms with Crippen LogP contribution < -0.4 is 5.43 Å². The molecular weight excluding hydrogens is 412 g/mol. The van der Waals surface area contributed by atoms with Gasteiger partial charge in [0.2, 0.25) is 5.91 Å². The van der Waals surface area contributed by atoms with Crippen LogP contribution in [0.15, 0.2) is 59.7 Å². The third-order valence-electron chi connectivity index (χ3n) is 4.95. The Labute approximate surface area is 184 Å². The number of aromatic nitrogens is 1. The quantitative estimate of drug-likeness (QED) is 0.264. The second-order valence-corrected chi connectivity index (χ2v) is 7.03. The highest BCUT2D eigenvalue weighted by atomic mass is 16.6. The van der Waals surface area contributed by atoms with E-state index >= 15 is 0 Å². The molecule has 9 heteroatoms. The standard InChI is InChI=1S/C23H22N4O5/c1-15-12-18(16(2)26(15)21-11-7-5-9-19(21)23(29)32-3)14-24-25-22(28)13-17-8-4-6-10-20(17)27(30)31/h4-12,14H,13H2,1-3H3,(H,25,28)/b24-14+. The molecular formula is C23H22N4O5. The molecule has 3 rings (SSSR count). The number of aryl methyl sites for hydroxylation is 1. The van der Waals surface area contributed by atoms with Gasteiger partial charge in [-0.15, -0.1) is 0 Å². The first kappa shape index (κ1) is 22.4. The highest BCUT2D eigenvalue weighted by Crippen LogP contribution is 2.23. The summed E-state index contributed by atoms with van der Waals surface area (Å²) in [7, 11) is 1.33. The predicted octanol–water partition coefficient (Wildman–Crippen LogP) is 3.48. The van der Waals surface area contributed by atoms with E-state index in [2.05, 4.69) is 10.5 Å². The Morgan fingerprint density at radius 1 is 1.16 bits per heavy atom. The van der Waals surface area contributed by atoms with E-state index in [1.807, 2.05) is 36.6 Å². The topological polar surface area (TPSA) is 116 Å². The number of carbonyl (C=O) groups is 2. The van der Waals surface area contributed by atoms with Crippen LogP contribution in [0.1, 0.15) is 32.9 Å². The highest BCUT2D eigenvalue weighted by molar-refractivity contribution is 5.94. The molecule has 32 heavy (non-hydrogen) atoms. The van der Waals surface area contributed by atoms with Crippen molar-refractivity contribution in [2.75, 3.05) is 7.11 Å². The lowest BCUT2D eigenvalue weighted by molar-refractivity contribution is -0.385. The van der Waals surface area contributed by atoms with Crippen molar-refractivity contribution in [2.24, 2.45) is 5.10 Å². The molecule has 0 aliphatic rings. The van der Waals surface area contributed by atoms with E-state index < -0.39 is 16.8 Å². The molecule has 1 aromatic heterocycles. The second-order valence-electron chi connectivity index (χ2n) is 7.03. The molecule has 164 valence electrons. The van der Waals surface area contributed by atoms with Crippen molar-refractivity contribution in [3.05, 3.63) is 92.8 Å². The van der Waals surface area contributed by atoms with Crippen LogP contribution in [-0.2, 0) is 16.0 Å². The molecule has 0 saturated heterocycles. The van der Waals surface area contributed by atoms with Crippen molar-refractivity contribution in [1.29, 1.82) is 0 Å². The summed E-state index contributed by atoms with van der Waals surface area (Å²) in [6.45, 7) is 3.77. The number of nitrogens with zero attached hydrogens (tertiary/aromatic N) is 3. The summed E-state index contributed by atoms with van der Waals surface area (Å²) >= 11 is 0. The number of benzene rings is 2. The Hall–Kier alpha value is -4.27. The summed E-state index contributed by atoms with van der Waals surface area (Å²) in [6.07, 6.45) is 1.33. The van der Waals surface area contributed by atoms with Crippen molar-refractivity contribution in [3.63, 3.8) is 0 Å². The van der Waals surface area contributed by atoms with Crippen molar-refractivity contribution in [1.82, 2.24) is 9.99 Å². The minimum Gasteiger partial charge on any atom is -0.465 e. The minimum absolute atomic E-state index is 0.112. The van der Waals surface area contributed by atoms with Crippen molar-refractivity contribution >= 4 is 23.8 Å². The zero-order valence-corrected chi connectivity index (χ0v) is 17.9. The van der Waals surface area contributed by atoms with E-state index in [4.69, 9.17) is 4.74 Å². The van der Waals surface area contributed by atoms with Crippen molar-refractivity contribution in [2.45, 2.75) is 20.3 Å². The fourth-order valence-corrected chi connectivity index (χ4v) is 3.46. The van der Waals surface area contributed by atoms with Gasteiger partial charge in [0.1, 0.15) is 0 Å². The van der Waals surface area contributed by atoms with Crippen LogP contribution in [0.2, 0.25) is 0 Å². The summed E-state index contributed by atoms with van der Waals surface area (Å²) in [5.74, 6) is -0.911. The molecule has 0 atom stereocenters. The largest absolute Gasteiger partial charge is 0.465 e. The van der Waals surface area contributed by atoms with Crippen LogP contribution >= 0.6 is 0 Å². The van der Waals surface area contributed by atoms with E-state index in [-0.39, 0.29) is 12.1 Å². The van der Waals surface area contributed by atoms with E-state index in [9.17, 15) is 19.7 Å². The lowest BCUT2D eigenvalue weighted by Crippen LogP contribution is -2.20. The third-order valence-corrected chi connectivity index (χ3v) is 4.95. The van der Waals surface area contributed by atoms with Gasteiger partial charge in [-0.1, -0.05) is 30.3 Å². The van der Waals surface area contributed by atoms with Crippen LogP contribution in [0.5, 0.6) is 0 Å². The summed E-state index contributed by atoms with van der Waals surface area (Å²) < 4.78 is 6.79. The van der Waals surface area contributed by atoms with Gasteiger partial charge >= 0.3 is 5.97 Å². The van der Waals surface area contributed by atoms with E-state index in [0.29, 0.717) is 16.8 Å². The van der Waals surface area contributed by atoms with E-state index in [1.54, 1.807) is 24.3 Å². The van der Waals surface area contributed by atoms with Gasteiger partial charge in [0.05, 0.1) is 35.9 Å². The van der Waals surface area contributed by atoms with Gasteiger partial charge in [-0.3, -0.25) is 14.9 Å². The molecule has 0 fully saturated rings. The monoisotopic (exact) mass is 434 g/mol. The molecule has 0 aliphatic carbocycles. The summed E-state index contributed by atoms with van der Waals surface area (Å²) in [5.41, 5.74) is 6.13. The predicted molar refractivity (Wildman–Crippen MR) is 119 cm³/mol. The Balaban J connectivity index is 1.79. The zero-order chi connectivity index (χ0) is 23.3. The number of rotatable bonds is 7. The molecule has 2 aromatic carbocycles. The van der Waals surface area contributed by atoms with Gasteiger partial charge in [0.25, 0.3) is 5.69 Å². The smallest absolute Gasteiger partial charge is 0.339 e. The van der Waals surface area contributed by atoms with Crippen LogP contribution in [0.4, 0.5) is 5.69 Å². The average Bonchev–Trinajstić information content (AvgIpc) is 3.06. The number of methoxy groups -OCH3 is 1. The normalized spacial score (nSPS) is 10.8. The number of esters is 1. The number of hydrogen-bond donors (Lipinski definition) is 1. The molecule has 0 unspecified atom stereocenters. The maximum atomic E-state index is 12.2. The fraction of sp³-hybridized carbons (Fsp3) is 0.174. The first-order valence-electron chi connectivity index (χ1n) is 9.74.